The van der Waals surface area contributed by atoms with Gasteiger partial charge in [-0.25, -0.2) is 0 Å². The number of hydrogen-bond acceptors (Lipinski definition) is 4. The van der Waals surface area contributed by atoms with E-state index in [2.05, 4.69) is 5.32 Å². The van der Waals surface area contributed by atoms with Gasteiger partial charge in [0.05, 0.1) is 13.7 Å². The highest BCUT2D eigenvalue weighted by molar-refractivity contribution is 5.95. The van der Waals surface area contributed by atoms with E-state index in [1.165, 1.54) is 0 Å². The van der Waals surface area contributed by atoms with Gasteiger partial charge in [0.2, 0.25) is 0 Å². The minimum absolute atomic E-state index is 0.162. The lowest BCUT2D eigenvalue weighted by molar-refractivity contribution is 0.0947. The molecule has 0 atom stereocenters. The van der Waals surface area contributed by atoms with Crippen LogP contribution in [-0.4, -0.2) is 26.2 Å². The van der Waals surface area contributed by atoms with E-state index in [4.69, 9.17) is 15.2 Å². The molecule has 2 aromatic rings. The molecule has 0 spiro atoms. The Labute approximate surface area is 130 Å². The van der Waals surface area contributed by atoms with Gasteiger partial charge in [-0.3, -0.25) is 4.79 Å². The summed E-state index contributed by atoms with van der Waals surface area (Å²) in [5.74, 6) is 1.34. The number of nitrogens with two attached hydrogens (primary N) is 1. The van der Waals surface area contributed by atoms with Crippen LogP contribution in [0.3, 0.4) is 0 Å². The van der Waals surface area contributed by atoms with Crippen molar-refractivity contribution in [3.8, 4) is 11.5 Å². The molecule has 0 unspecified atom stereocenters. The van der Waals surface area contributed by atoms with Gasteiger partial charge in [-0.15, -0.1) is 0 Å². The van der Waals surface area contributed by atoms with Gasteiger partial charge in [0, 0.05) is 11.3 Å². The van der Waals surface area contributed by atoms with Crippen LogP contribution in [0.25, 0.3) is 0 Å². The van der Waals surface area contributed by atoms with Crippen molar-refractivity contribution < 1.29 is 14.3 Å². The van der Waals surface area contributed by atoms with Crippen LogP contribution in [0.2, 0.25) is 0 Å². The summed E-state index contributed by atoms with van der Waals surface area (Å²) in [6, 6.07) is 12.5. The first-order valence-electron chi connectivity index (χ1n) is 7.01. The highest BCUT2D eigenvalue weighted by Gasteiger charge is 2.06. The summed E-state index contributed by atoms with van der Waals surface area (Å²) in [4.78, 5) is 12.0. The number of carbonyl (C=O) groups excluding carboxylic acids is 1. The van der Waals surface area contributed by atoms with Crippen LogP contribution in [0, 0.1) is 6.92 Å². The Kier molecular flexibility index (Phi) is 5.25. The van der Waals surface area contributed by atoms with Crippen molar-refractivity contribution in [1.82, 2.24) is 5.32 Å². The maximum absolute atomic E-state index is 12.0. The van der Waals surface area contributed by atoms with Crippen LogP contribution in [-0.2, 0) is 0 Å². The predicted molar refractivity (Wildman–Crippen MR) is 86.4 cm³/mol. The Morgan fingerprint density at radius 2 is 1.82 bits per heavy atom. The molecule has 3 N–H and O–H groups in total. The summed E-state index contributed by atoms with van der Waals surface area (Å²) in [7, 11) is 1.61. The van der Waals surface area contributed by atoms with Gasteiger partial charge in [-0.05, 0) is 48.9 Å². The number of nitrogen functional groups attached to an aromatic ring is 1. The van der Waals surface area contributed by atoms with Crippen molar-refractivity contribution in [2.75, 3.05) is 26.0 Å². The van der Waals surface area contributed by atoms with Crippen LogP contribution in [0.1, 0.15) is 15.9 Å². The zero-order chi connectivity index (χ0) is 15.9. The molecule has 5 nitrogen and oxygen atoms in total. The summed E-state index contributed by atoms with van der Waals surface area (Å²) in [5, 5.41) is 2.79. The van der Waals surface area contributed by atoms with Gasteiger partial charge in [0.25, 0.3) is 5.91 Å². The molecule has 0 saturated heterocycles. The Morgan fingerprint density at radius 3 is 2.45 bits per heavy atom. The molecular weight excluding hydrogens is 280 g/mol. The Morgan fingerprint density at radius 1 is 1.14 bits per heavy atom. The normalized spacial score (nSPS) is 10.1. The van der Waals surface area contributed by atoms with Crippen molar-refractivity contribution >= 4 is 11.6 Å². The molecule has 0 heterocycles. The first-order chi connectivity index (χ1) is 10.6. The van der Waals surface area contributed by atoms with Crippen LogP contribution >= 0.6 is 0 Å². The minimum Gasteiger partial charge on any atom is -0.497 e. The van der Waals surface area contributed by atoms with Crippen LogP contribution in [0.4, 0.5) is 5.69 Å². The molecule has 1 amide bonds. The highest BCUT2D eigenvalue weighted by atomic mass is 16.5. The second-order valence-corrected chi connectivity index (χ2v) is 4.85. The third kappa shape index (κ3) is 4.15. The van der Waals surface area contributed by atoms with Gasteiger partial charge in [-0.2, -0.15) is 0 Å². The molecule has 0 saturated carbocycles. The number of anilines is 1. The van der Waals surface area contributed by atoms with Crippen LogP contribution < -0.4 is 20.5 Å². The average Bonchev–Trinajstić information content (AvgIpc) is 2.54. The number of ether oxygens (including phenoxy) is 2. The fraction of sp³-hybridized carbons (Fsp3) is 0.235. The van der Waals surface area contributed by atoms with Crippen molar-refractivity contribution in [2.45, 2.75) is 6.92 Å². The molecule has 0 fully saturated rings. The molecule has 2 aromatic carbocycles. The third-order valence-corrected chi connectivity index (χ3v) is 3.26. The van der Waals surface area contributed by atoms with E-state index in [0.29, 0.717) is 24.4 Å². The lowest BCUT2D eigenvalue weighted by Crippen LogP contribution is -2.28. The number of aryl methyl sites for hydroxylation is 1. The monoisotopic (exact) mass is 300 g/mol. The third-order valence-electron chi connectivity index (χ3n) is 3.26. The average molecular weight is 300 g/mol. The quantitative estimate of drug-likeness (QED) is 0.634. The molecule has 2 rings (SSSR count). The summed E-state index contributed by atoms with van der Waals surface area (Å²) in [5.41, 5.74) is 7.92. The van der Waals surface area contributed by atoms with E-state index in [1.807, 2.05) is 37.3 Å². The van der Waals surface area contributed by atoms with E-state index >= 15 is 0 Å². The smallest absolute Gasteiger partial charge is 0.251 e. The lowest BCUT2D eigenvalue weighted by Gasteiger charge is -2.09. The fourth-order valence-corrected chi connectivity index (χ4v) is 1.89. The summed E-state index contributed by atoms with van der Waals surface area (Å²) in [6.07, 6.45) is 0. The number of methoxy groups -OCH3 is 1. The SMILES string of the molecule is COc1ccc(OCCNC(=O)c2ccc(C)c(N)c2)cc1. The molecule has 0 aliphatic carbocycles. The van der Waals surface area contributed by atoms with Gasteiger partial charge >= 0.3 is 0 Å². The number of hydrogen-bond donors (Lipinski definition) is 2. The van der Waals surface area contributed by atoms with Gasteiger partial charge < -0.3 is 20.5 Å². The number of rotatable bonds is 6. The standard InChI is InChI=1S/C17H20N2O3/c1-12-3-4-13(11-16(12)18)17(20)19-9-10-22-15-7-5-14(21-2)6-8-15/h3-8,11H,9-10,18H2,1-2H3,(H,19,20). The van der Waals surface area contributed by atoms with Crippen molar-refractivity contribution in [3.63, 3.8) is 0 Å². The molecule has 5 heteroatoms. The maximum Gasteiger partial charge on any atom is 0.251 e. The van der Waals surface area contributed by atoms with E-state index in [0.717, 1.165) is 17.1 Å². The molecule has 0 radical (unpaired) electrons. The minimum atomic E-state index is -0.162. The second-order valence-electron chi connectivity index (χ2n) is 4.85. The first-order valence-corrected chi connectivity index (χ1v) is 7.01. The van der Waals surface area contributed by atoms with Crippen molar-refractivity contribution in [3.05, 3.63) is 53.6 Å². The lowest BCUT2D eigenvalue weighted by atomic mass is 10.1. The summed E-state index contributed by atoms with van der Waals surface area (Å²) < 4.78 is 10.6. The summed E-state index contributed by atoms with van der Waals surface area (Å²) in [6.45, 7) is 2.71. The molecular formula is C17H20N2O3. The largest absolute Gasteiger partial charge is 0.497 e. The Hall–Kier alpha value is -2.69. The van der Waals surface area contributed by atoms with E-state index < -0.39 is 0 Å². The fourth-order valence-electron chi connectivity index (χ4n) is 1.89. The van der Waals surface area contributed by atoms with Crippen LogP contribution in [0.15, 0.2) is 42.5 Å². The predicted octanol–water partition coefficient (Wildman–Crippen LogP) is 2.39. The van der Waals surface area contributed by atoms with E-state index in [9.17, 15) is 4.79 Å². The highest BCUT2D eigenvalue weighted by Crippen LogP contribution is 2.16. The van der Waals surface area contributed by atoms with E-state index in [-0.39, 0.29) is 5.91 Å². The molecule has 0 aliphatic heterocycles. The zero-order valence-electron chi connectivity index (χ0n) is 12.8. The summed E-state index contributed by atoms with van der Waals surface area (Å²) >= 11 is 0. The molecule has 0 bridgehead atoms. The van der Waals surface area contributed by atoms with Crippen LogP contribution in [0.5, 0.6) is 11.5 Å². The molecule has 0 aromatic heterocycles. The maximum atomic E-state index is 12.0. The Balaban J connectivity index is 1.77. The second kappa shape index (κ2) is 7.36. The molecule has 22 heavy (non-hydrogen) atoms. The molecule has 116 valence electrons. The van der Waals surface area contributed by atoms with Gasteiger partial charge in [0.15, 0.2) is 0 Å². The number of amides is 1. The molecule has 0 aliphatic rings. The number of benzene rings is 2. The zero-order valence-corrected chi connectivity index (χ0v) is 12.8. The Bertz CT molecular complexity index is 639. The topological polar surface area (TPSA) is 73.6 Å². The van der Waals surface area contributed by atoms with Gasteiger partial charge in [0.1, 0.15) is 18.1 Å². The van der Waals surface area contributed by atoms with Crippen molar-refractivity contribution in [2.24, 2.45) is 0 Å². The number of carbonyl (C=O) groups is 1. The van der Waals surface area contributed by atoms with Gasteiger partial charge in [-0.1, -0.05) is 6.07 Å². The first kappa shape index (κ1) is 15.7. The van der Waals surface area contributed by atoms with Crippen molar-refractivity contribution in [1.29, 1.82) is 0 Å². The number of nitrogens with one attached hydrogen (secondary N) is 1. The van der Waals surface area contributed by atoms with E-state index in [1.54, 1.807) is 19.2 Å².